The van der Waals surface area contributed by atoms with Gasteiger partial charge in [0.05, 0.1) is 11.3 Å². The van der Waals surface area contributed by atoms with E-state index >= 15 is 0 Å². The number of anilines is 1. The first-order valence-corrected chi connectivity index (χ1v) is 8.51. The molecule has 0 bridgehead atoms. The molecule has 4 rings (SSSR count). The van der Waals surface area contributed by atoms with Crippen LogP contribution in [0.4, 0.5) is 5.69 Å². The van der Waals surface area contributed by atoms with Crippen LogP contribution in [0.25, 0.3) is 16.9 Å². The fraction of sp³-hybridized carbons (Fsp3) is 0. The van der Waals surface area contributed by atoms with Crippen LogP contribution < -0.4 is 5.32 Å². The van der Waals surface area contributed by atoms with Crippen LogP contribution in [0.15, 0.2) is 91.1 Å². The summed E-state index contributed by atoms with van der Waals surface area (Å²) < 4.78 is 1.69. The predicted molar refractivity (Wildman–Crippen MR) is 105 cm³/mol. The Labute approximate surface area is 156 Å². The van der Waals surface area contributed by atoms with E-state index in [4.69, 9.17) is 0 Å². The zero-order valence-corrected chi connectivity index (χ0v) is 14.4. The van der Waals surface area contributed by atoms with Crippen molar-refractivity contribution in [1.29, 1.82) is 0 Å². The summed E-state index contributed by atoms with van der Waals surface area (Å²) in [7, 11) is 0. The average molecular weight is 355 g/mol. The van der Waals surface area contributed by atoms with Gasteiger partial charge in [0, 0.05) is 23.5 Å². The van der Waals surface area contributed by atoms with Crippen LogP contribution in [0.2, 0.25) is 0 Å². The Kier molecular flexibility index (Phi) is 4.41. The number of phenolic OH excluding ortho intramolecular Hbond substituents is 1. The number of nitrogens with zero attached hydrogens (tertiary/aromatic N) is 2. The van der Waals surface area contributed by atoms with Crippen molar-refractivity contribution < 1.29 is 9.90 Å². The Morgan fingerprint density at radius 2 is 1.59 bits per heavy atom. The Morgan fingerprint density at radius 3 is 2.30 bits per heavy atom. The van der Waals surface area contributed by atoms with Gasteiger partial charge in [-0.25, -0.2) is 4.68 Å². The van der Waals surface area contributed by atoms with Crippen molar-refractivity contribution in [1.82, 2.24) is 9.78 Å². The fourth-order valence-corrected chi connectivity index (χ4v) is 2.84. The van der Waals surface area contributed by atoms with Gasteiger partial charge in [-0.1, -0.05) is 54.6 Å². The third-order valence-corrected chi connectivity index (χ3v) is 4.13. The van der Waals surface area contributed by atoms with Gasteiger partial charge in [0.2, 0.25) is 0 Å². The van der Waals surface area contributed by atoms with Gasteiger partial charge in [0.1, 0.15) is 11.4 Å². The second kappa shape index (κ2) is 7.17. The Hall–Kier alpha value is -3.86. The van der Waals surface area contributed by atoms with Gasteiger partial charge in [-0.05, 0) is 24.3 Å². The lowest BCUT2D eigenvalue weighted by atomic mass is 10.1. The van der Waals surface area contributed by atoms with Crippen LogP contribution in [0, 0.1) is 0 Å². The smallest absolute Gasteiger partial charge is 0.259 e. The summed E-state index contributed by atoms with van der Waals surface area (Å²) in [4.78, 5) is 12.9. The largest absolute Gasteiger partial charge is 0.508 e. The zero-order valence-electron chi connectivity index (χ0n) is 14.4. The average Bonchev–Trinajstić information content (AvgIpc) is 3.15. The molecule has 0 saturated carbocycles. The highest BCUT2D eigenvalue weighted by Crippen LogP contribution is 2.25. The maximum absolute atomic E-state index is 12.9. The summed E-state index contributed by atoms with van der Waals surface area (Å²) in [5.41, 5.74) is 3.29. The van der Waals surface area contributed by atoms with Gasteiger partial charge in [-0.15, -0.1) is 0 Å². The highest BCUT2D eigenvalue weighted by atomic mass is 16.3. The van der Waals surface area contributed by atoms with Gasteiger partial charge in [-0.2, -0.15) is 5.10 Å². The fourth-order valence-electron chi connectivity index (χ4n) is 2.84. The van der Waals surface area contributed by atoms with Crippen LogP contribution in [0.5, 0.6) is 5.75 Å². The molecule has 3 aromatic carbocycles. The van der Waals surface area contributed by atoms with E-state index in [9.17, 15) is 9.90 Å². The molecule has 5 heteroatoms. The molecule has 1 heterocycles. The van der Waals surface area contributed by atoms with Crippen LogP contribution in [-0.2, 0) is 0 Å². The minimum Gasteiger partial charge on any atom is -0.508 e. The molecule has 27 heavy (non-hydrogen) atoms. The molecule has 0 aliphatic heterocycles. The quantitative estimate of drug-likeness (QED) is 0.566. The van der Waals surface area contributed by atoms with Crippen LogP contribution in [0.1, 0.15) is 10.4 Å². The number of carbonyl (C=O) groups is 1. The molecule has 0 spiro atoms. The SMILES string of the molecule is O=C(Nc1cccc(O)c1)c1cn(-c2ccccc2)nc1-c1ccccc1. The number of rotatable bonds is 4. The highest BCUT2D eigenvalue weighted by Gasteiger charge is 2.18. The van der Waals surface area contributed by atoms with Gasteiger partial charge in [0.15, 0.2) is 0 Å². The summed E-state index contributed by atoms with van der Waals surface area (Å²) in [6.07, 6.45) is 1.72. The summed E-state index contributed by atoms with van der Waals surface area (Å²) in [6.45, 7) is 0. The minimum absolute atomic E-state index is 0.0936. The standard InChI is InChI=1S/C22H17N3O2/c26-19-13-7-10-17(14-19)23-22(27)20-15-25(18-11-5-2-6-12-18)24-21(20)16-8-3-1-4-9-16/h1-15,26H,(H,23,27). The molecule has 1 aromatic heterocycles. The number of hydrogen-bond acceptors (Lipinski definition) is 3. The number of phenols is 1. The van der Waals surface area contributed by atoms with Crippen molar-refractivity contribution in [3.05, 3.63) is 96.7 Å². The van der Waals surface area contributed by atoms with E-state index in [1.165, 1.54) is 6.07 Å². The summed E-state index contributed by atoms with van der Waals surface area (Å²) >= 11 is 0. The van der Waals surface area contributed by atoms with Gasteiger partial charge < -0.3 is 10.4 Å². The molecule has 1 amide bonds. The number of carbonyl (C=O) groups excluding carboxylic acids is 1. The molecule has 0 fully saturated rings. The van der Waals surface area contributed by atoms with Crippen LogP contribution in [-0.4, -0.2) is 20.8 Å². The number of para-hydroxylation sites is 1. The molecule has 132 valence electrons. The molecule has 0 saturated heterocycles. The van der Waals surface area contributed by atoms with Gasteiger partial charge in [0.25, 0.3) is 5.91 Å². The third kappa shape index (κ3) is 3.57. The van der Waals surface area contributed by atoms with E-state index in [1.807, 2.05) is 60.7 Å². The lowest BCUT2D eigenvalue weighted by Gasteiger charge is -2.05. The maximum Gasteiger partial charge on any atom is 0.259 e. The number of aromatic hydroxyl groups is 1. The second-order valence-corrected chi connectivity index (χ2v) is 6.04. The topological polar surface area (TPSA) is 67.2 Å². The third-order valence-electron chi connectivity index (χ3n) is 4.13. The lowest BCUT2D eigenvalue weighted by molar-refractivity contribution is 0.102. The molecule has 0 atom stereocenters. The van der Waals surface area contributed by atoms with Crippen LogP contribution in [0.3, 0.4) is 0 Å². The monoisotopic (exact) mass is 355 g/mol. The van der Waals surface area contributed by atoms with Crippen molar-refractivity contribution in [3.63, 3.8) is 0 Å². The number of hydrogen-bond donors (Lipinski definition) is 2. The lowest BCUT2D eigenvalue weighted by Crippen LogP contribution is -2.12. The Bertz CT molecular complexity index is 1070. The predicted octanol–water partition coefficient (Wildman–Crippen LogP) is 4.50. The number of aromatic nitrogens is 2. The molecule has 0 unspecified atom stereocenters. The van der Waals surface area contributed by atoms with E-state index in [0.29, 0.717) is 16.9 Å². The molecular formula is C22H17N3O2. The van der Waals surface area contributed by atoms with Crippen molar-refractivity contribution in [2.24, 2.45) is 0 Å². The zero-order chi connectivity index (χ0) is 18.6. The number of nitrogens with one attached hydrogen (secondary N) is 1. The Balaban J connectivity index is 1.76. The van der Waals surface area contributed by atoms with E-state index < -0.39 is 0 Å². The first kappa shape index (κ1) is 16.6. The van der Waals surface area contributed by atoms with E-state index in [2.05, 4.69) is 10.4 Å². The molecular weight excluding hydrogens is 338 g/mol. The van der Waals surface area contributed by atoms with Crippen LogP contribution >= 0.6 is 0 Å². The maximum atomic E-state index is 12.9. The molecule has 5 nitrogen and oxygen atoms in total. The molecule has 2 N–H and O–H groups in total. The summed E-state index contributed by atoms with van der Waals surface area (Å²) in [5, 5.41) is 17.1. The second-order valence-electron chi connectivity index (χ2n) is 6.04. The highest BCUT2D eigenvalue weighted by molar-refractivity contribution is 6.08. The first-order valence-electron chi connectivity index (χ1n) is 8.51. The molecule has 4 aromatic rings. The van der Waals surface area contributed by atoms with E-state index in [-0.39, 0.29) is 11.7 Å². The minimum atomic E-state index is -0.290. The van der Waals surface area contributed by atoms with E-state index in [0.717, 1.165) is 11.3 Å². The van der Waals surface area contributed by atoms with Crippen molar-refractivity contribution in [3.8, 4) is 22.7 Å². The summed E-state index contributed by atoms with van der Waals surface area (Å²) in [6, 6.07) is 25.7. The van der Waals surface area contributed by atoms with Crippen molar-refractivity contribution in [2.45, 2.75) is 0 Å². The number of amides is 1. The van der Waals surface area contributed by atoms with Crippen molar-refractivity contribution in [2.75, 3.05) is 5.32 Å². The van der Waals surface area contributed by atoms with Gasteiger partial charge in [-0.3, -0.25) is 4.79 Å². The normalized spacial score (nSPS) is 10.5. The van der Waals surface area contributed by atoms with Crippen molar-refractivity contribution >= 4 is 11.6 Å². The molecule has 0 aliphatic carbocycles. The molecule has 0 aliphatic rings. The van der Waals surface area contributed by atoms with E-state index in [1.54, 1.807) is 29.1 Å². The Morgan fingerprint density at radius 1 is 0.889 bits per heavy atom. The van der Waals surface area contributed by atoms with Gasteiger partial charge >= 0.3 is 0 Å². The first-order chi connectivity index (χ1) is 13.2. The summed E-state index contributed by atoms with van der Waals surface area (Å²) in [5.74, 6) is -0.197. The number of benzene rings is 3. The molecule has 0 radical (unpaired) electrons.